The number of aromatic carboxylic acids is 1. The summed E-state index contributed by atoms with van der Waals surface area (Å²) in [5.74, 6) is -1.39. The summed E-state index contributed by atoms with van der Waals surface area (Å²) in [4.78, 5) is 29.2. The molecule has 0 unspecified atom stereocenters. The van der Waals surface area contributed by atoms with E-state index in [4.69, 9.17) is 5.11 Å². The summed E-state index contributed by atoms with van der Waals surface area (Å²) >= 11 is 0. The van der Waals surface area contributed by atoms with Crippen LogP contribution >= 0.6 is 0 Å². The monoisotopic (exact) mass is 231 g/mol. The number of amides is 1. The predicted octanol–water partition coefficient (Wildman–Crippen LogP) is 1.36. The van der Waals surface area contributed by atoms with E-state index in [0.717, 1.165) is 0 Å². The van der Waals surface area contributed by atoms with Crippen LogP contribution in [0.25, 0.3) is 0 Å². The van der Waals surface area contributed by atoms with Gasteiger partial charge in [-0.3, -0.25) is 10.1 Å². The van der Waals surface area contributed by atoms with Gasteiger partial charge in [-0.05, 0) is 12.1 Å². The fourth-order valence-electron chi connectivity index (χ4n) is 1.38. The Balaban J connectivity index is 2.28. The lowest BCUT2D eigenvalue weighted by molar-refractivity contribution is 0.0692. The molecule has 2 aromatic rings. The lowest BCUT2D eigenvalue weighted by atomic mass is 10.1. The zero-order chi connectivity index (χ0) is 12.3. The maximum atomic E-state index is 11.8. The van der Waals surface area contributed by atoms with Crippen LogP contribution in [0.5, 0.6) is 0 Å². The van der Waals surface area contributed by atoms with E-state index in [9.17, 15) is 9.59 Å². The smallest absolute Gasteiger partial charge is 0.336 e. The van der Waals surface area contributed by atoms with Crippen LogP contribution in [0.4, 0.5) is 5.95 Å². The van der Waals surface area contributed by atoms with Crippen molar-refractivity contribution in [3.63, 3.8) is 0 Å². The van der Waals surface area contributed by atoms with E-state index in [1.165, 1.54) is 18.3 Å². The van der Waals surface area contributed by atoms with Crippen LogP contribution in [0, 0.1) is 0 Å². The number of benzene rings is 1. The molecule has 0 aliphatic heterocycles. The summed E-state index contributed by atoms with van der Waals surface area (Å²) < 4.78 is 0. The lowest BCUT2D eigenvalue weighted by Crippen LogP contribution is -2.16. The van der Waals surface area contributed by atoms with Crippen LogP contribution in [0.3, 0.4) is 0 Å². The van der Waals surface area contributed by atoms with Crippen LogP contribution in [-0.4, -0.2) is 27.0 Å². The summed E-state index contributed by atoms with van der Waals surface area (Å²) in [6.45, 7) is 0. The Bertz CT molecular complexity index is 549. The molecule has 0 spiro atoms. The molecule has 3 N–H and O–H groups in total. The molecule has 17 heavy (non-hydrogen) atoms. The molecule has 0 aliphatic carbocycles. The van der Waals surface area contributed by atoms with Crippen LogP contribution in [0.1, 0.15) is 20.7 Å². The highest BCUT2D eigenvalue weighted by Crippen LogP contribution is 2.10. The van der Waals surface area contributed by atoms with Crippen LogP contribution < -0.4 is 5.32 Å². The maximum Gasteiger partial charge on any atom is 0.336 e. The van der Waals surface area contributed by atoms with E-state index in [-0.39, 0.29) is 17.1 Å². The number of carboxylic acid groups (broad SMARTS) is 1. The first-order valence-electron chi connectivity index (χ1n) is 4.81. The second kappa shape index (κ2) is 4.48. The minimum Gasteiger partial charge on any atom is -0.478 e. The van der Waals surface area contributed by atoms with Gasteiger partial charge in [0.1, 0.15) is 0 Å². The second-order valence-corrected chi connectivity index (χ2v) is 3.24. The Morgan fingerprint density at radius 1 is 1.24 bits per heavy atom. The van der Waals surface area contributed by atoms with Crippen molar-refractivity contribution in [3.05, 3.63) is 47.8 Å². The normalized spacial score (nSPS) is 9.88. The Labute approximate surface area is 96.3 Å². The number of imidazole rings is 1. The van der Waals surface area contributed by atoms with Gasteiger partial charge in [0, 0.05) is 12.4 Å². The van der Waals surface area contributed by atoms with Crippen molar-refractivity contribution < 1.29 is 14.7 Å². The fourth-order valence-corrected chi connectivity index (χ4v) is 1.38. The van der Waals surface area contributed by atoms with Crippen LogP contribution in [-0.2, 0) is 0 Å². The van der Waals surface area contributed by atoms with E-state index < -0.39 is 11.9 Å². The Morgan fingerprint density at radius 2 is 1.94 bits per heavy atom. The standard InChI is InChI=1S/C11H9N3O3/c15-9(14-11-12-5-6-13-11)7-3-1-2-4-8(7)10(16)17/h1-6H,(H,16,17)(H2,12,13,14,15). The number of hydrogen-bond donors (Lipinski definition) is 3. The number of carboxylic acids is 1. The Kier molecular flexibility index (Phi) is 2.87. The zero-order valence-electron chi connectivity index (χ0n) is 8.68. The maximum absolute atomic E-state index is 11.8. The molecule has 0 saturated carbocycles. The second-order valence-electron chi connectivity index (χ2n) is 3.24. The van der Waals surface area contributed by atoms with Gasteiger partial charge < -0.3 is 10.1 Å². The molecule has 0 bridgehead atoms. The van der Waals surface area contributed by atoms with Gasteiger partial charge in [0.15, 0.2) is 0 Å². The molecule has 1 aromatic heterocycles. The molecule has 86 valence electrons. The number of anilines is 1. The van der Waals surface area contributed by atoms with Gasteiger partial charge in [0.2, 0.25) is 5.95 Å². The number of carbonyl (C=O) groups excluding carboxylic acids is 1. The van der Waals surface area contributed by atoms with Crippen molar-refractivity contribution >= 4 is 17.8 Å². The number of nitrogens with one attached hydrogen (secondary N) is 2. The van der Waals surface area contributed by atoms with Gasteiger partial charge in [-0.25, -0.2) is 9.78 Å². The molecule has 6 nitrogen and oxygen atoms in total. The molecule has 1 amide bonds. The third-order valence-corrected chi connectivity index (χ3v) is 2.13. The molecule has 0 aliphatic rings. The molecule has 1 aromatic carbocycles. The average Bonchev–Trinajstić information content (AvgIpc) is 2.81. The van der Waals surface area contributed by atoms with E-state index >= 15 is 0 Å². The highest BCUT2D eigenvalue weighted by Gasteiger charge is 2.16. The molecule has 0 saturated heterocycles. The molecule has 2 rings (SSSR count). The summed E-state index contributed by atoms with van der Waals surface area (Å²) in [6.07, 6.45) is 3.04. The third kappa shape index (κ3) is 2.31. The van der Waals surface area contributed by atoms with Crippen molar-refractivity contribution in [1.82, 2.24) is 9.97 Å². The quantitative estimate of drug-likeness (QED) is 0.743. The van der Waals surface area contributed by atoms with Crippen molar-refractivity contribution in [2.45, 2.75) is 0 Å². The number of aromatic nitrogens is 2. The zero-order valence-corrected chi connectivity index (χ0v) is 8.68. The van der Waals surface area contributed by atoms with Gasteiger partial charge in [0.05, 0.1) is 11.1 Å². The van der Waals surface area contributed by atoms with Gasteiger partial charge >= 0.3 is 5.97 Å². The number of rotatable bonds is 3. The third-order valence-electron chi connectivity index (χ3n) is 2.13. The van der Waals surface area contributed by atoms with Crippen molar-refractivity contribution in [3.8, 4) is 0 Å². The minimum absolute atomic E-state index is 0.0449. The first kappa shape index (κ1) is 10.9. The summed E-state index contributed by atoms with van der Waals surface area (Å²) in [5.41, 5.74) is 0.0490. The fraction of sp³-hybridized carbons (Fsp3) is 0. The molecule has 0 radical (unpaired) electrons. The van der Waals surface area contributed by atoms with E-state index in [1.54, 1.807) is 18.3 Å². The molecular weight excluding hydrogens is 222 g/mol. The number of aromatic amines is 1. The minimum atomic E-state index is -1.14. The molecule has 0 fully saturated rings. The molecule has 0 atom stereocenters. The number of hydrogen-bond acceptors (Lipinski definition) is 3. The predicted molar refractivity (Wildman–Crippen MR) is 59.9 cm³/mol. The van der Waals surface area contributed by atoms with Gasteiger partial charge in [-0.2, -0.15) is 0 Å². The first-order chi connectivity index (χ1) is 8.18. The summed E-state index contributed by atoms with van der Waals surface area (Å²) in [7, 11) is 0. The van der Waals surface area contributed by atoms with Gasteiger partial charge in [-0.1, -0.05) is 12.1 Å². The Morgan fingerprint density at radius 3 is 2.53 bits per heavy atom. The van der Waals surface area contributed by atoms with Crippen LogP contribution in [0.15, 0.2) is 36.7 Å². The summed E-state index contributed by atoms with van der Waals surface area (Å²) in [5, 5.41) is 11.4. The average molecular weight is 231 g/mol. The van der Waals surface area contributed by atoms with Crippen molar-refractivity contribution in [2.75, 3.05) is 5.32 Å². The highest BCUT2D eigenvalue weighted by molar-refractivity contribution is 6.10. The van der Waals surface area contributed by atoms with Gasteiger partial charge in [-0.15, -0.1) is 0 Å². The number of H-pyrrole nitrogens is 1. The van der Waals surface area contributed by atoms with E-state index in [2.05, 4.69) is 15.3 Å². The molecular formula is C11H9N3O3. The molecule has 1 heterocycles. The number of nitrogens with zero attached hydrogens (tertiary/aromatic N) is 1. The number of carbonyl (C=O) groups is 2. The van der Waals surface area contributed by atoms with E-state index in [1.807, 2.05) is 0 Å². The largest absolute Gasteiger partial charge is 0.478 e. The Hall–Kier alpha value is -2.63. The van der Waals surface area contributed by atoms with E-state index in [0.29, 0.717) is 0 Å². The SMILES string of the molecule is O=C(O)c1ccccc1C(=O)Nc1ncc[nH]1. The van der Waals surface area contributed by atoms with Crippen LogP contribution in [0.2, 0.25) is 0 Å². The first-order valence-corrected chi connectivity index (χ1v) is 4.81. The lowest BCUT2D eigenvalue weighted by Gasteiger charge is -2.05. The van der Waals surface area contributed by atoms with Gasteiger partial charge in [0.25, 0.3) is 5.91 Å². The summed E-state index contributed by atoms with van der Waals surface area (Å²) in [6, 6.07) is 5.98. The highest BCUT2D eigenvalue weighted by atomic mass is 16.4. The molecule has 6 heteroatoms. The van der Waals surface area contributed by atoms with Crippen molar-refractivity contribution in [2.24, 2.45) is 0 Å². The topological polar surface area (TPSA) is 95.1 Å². The van der Waals surface area contributed by atoms with Crippen molar-refractivity contribution in [1.29, 1.82) is 0 Å².